The highest BCUT2D eigenvalue weighted by molar-refractivity contribution is 7.20. The summed E-state index contributed by atoms with van der Waals surface area (Å²) in [5.74, 6) is 0.00121. The summed E-state index contributed by atoms with van der Waals surface area (Å²) < 4.78 is 1.14. The third-order valence-corrected chi connectivity index (χ3v) is 6.81. The second-order valence-electron chi connectivity index (χ2n) is 7.67. The molecule has 0 radical (unpaired) electrons. The number of carbonyl (C=O) groups excluding carboxylic acids is 2. The molecule has 2 aromatic rings. The number of thiophene rings is 1. The summed E-state index contributed by atoms with van der Waals surface area (Å²) in [6.45, 7) is 1.41. The van der Waals surface area contributed by atoms with Gasteiger partial charge in [-0.3, -0.25) is 4.79 Å². The first-order valence-electron chi connectivity index (χ1n) is 10.0. The van der Waals surface area contributed by atoms with Crippen LogP contribution in [0.2, 0.25) is 0 Å². The van der Waals surface area contributed by atoms with Gasteiger partial charge in [-0.25, -0.2) is 4.79 Å². The summed E-state index contributed by atoms with van der Waals surface area (Å²) in [7, 11) is 0. The number of piperidine rings is 1. The molecule has 0 unspecified atom stereocenters. The minimum absolute atomic E-state index is 0.00121. The lowest BCUT2D eigenvalue weighted by Gasteiger charge is -2.34. The van der Waals surface area contributed by atoms with Gasteiger partial charge in [-0.15, -0.1) is 11.3 Å². The van der Waals surface area contributed by atoms with Crippen LogP contribution >= 0.6 is 11.3 Å². The molecular weight excluding hydrogens is 358 g/mol. The van der Waals surface area contributed by atoms with Crippen LogP contribution in [0.15, 0.2) is 30.3 Å². The fourth-order valence-electron chi connectivity index (χ4n) is 4.09. The number of benzene rings is 1. The molecular formula is C21H27N3O2S. The van der Waals surface area contributed by atoms with Gasteiger partial charge >= 0.3 is 6.03 Å². The molecule has 27 heavy (non-hydrogen) atoms. The number of hydrogen-bond donors (Lipinski definition) is 2. The second-order valence-corrected chi connectivity index (χ2v) is 8.75. The van der Waals surface area contributed by atoms with E-state index in [1.54, 1.807) is 0 Å². The van der Waals surface area contributed by atoms with Gasteiger partial charge in [-0.2, -0.15) is 0 Å². The molecule has 5 nitrogen and oxygen atoms in total. The minimum Gasteiger partial charge on any atom is -0.348 e. The molecule has 144 valence electrons. The average molecular weight is 386 g/mol. The molecule has 2 heterocycles. The van der Waals surface area contributed by atoms with E-state index in [2.05, 4.69) is 10.6 Å². The molecule has 2 fully saturated rings. The van der Waals surface area contributed by atoms with E-state index in [9.17, 15) is 9.59 Å². The summed E-state index contributed by atoms with van der Waals surface area (Å²) in [5.41, 5.74) is 0. The Bertz CT molecular complexity index is 772. The van der Waals surface area contributed by atoms with Gasteiger partial charge in [0, 0.05) is 29.9 Å². The van der Waals surface area contributed by atoms with Crippen LogP contribution in [0, 0.1) is 0 Å². The Morgan fingerprint density at radius 2 is 1.63 bits per heavy atom. The summed E-state index contributed by atoms with van der Waals surface area (Å²) in [5, 5.41) is 7.45. The lowest BCUT2D eigenvalue weighted by Crippen LogP contribution is -2.51. The van der Waals surface area contributed by atoms with Crippen LogP contribution in [0.3, 0.4) is 0 Å². The fraction of sp³-hybridized carbons (Fsp3) is 0.524. The van der Waals surface area contributed by atoms with Crippen LogP contribution in [-0.2, 0) is 0 Å². The molecule has 1 saturated heterocycles. The Labute approximate surface area is 164 Å². The van der Waals surface area contributed by atoms with Crippen molar-refractivity contribution in [3.8, 4) is 0 Å². The first kappa shape index (κ1) is 18.3. The number of carbonyl (C=O) groups is 2. The zero-order valence-electron chi connectivity index (χ0n) is 15.6. The Balaban J connectivity index is 1.26. The molecule has 2 N–H and O–H groups in total. The van der Waals surface area contributed by atoms with E-state index in [4.69, 9.17) is 0 Å². The van der Waals surface area contributed by atoms with Crippen LogP contribution < -0.4 is 10.6 Å². The third kappa shape index (κ3) is 4.43. The Kier molecular flexibility index (Phi) is 5.62. The number of nitrogens with one attached hydrogen (secondary N) is 2. The summed E-state index contributed by atoms with van der Waals surface area (Å²) in [4.78, 5) is 27.7. The van der Waals surface area contributed by atoms with Gasteiger partial charge in [0.2, 0.25) is 0 Å². The molecule has 1 aliphatic heterocycles. The highest BCUT2D eigenvalue weighted by Crippen LogP contribution is 2.25. The molecule has 6 heteroatoms. The minimum atomic E-state index is 0.00121. The van der Waals surface area contributed by atoms with Gasteiger partial charge in [0.05, 0.1) is 4.88 Å². The molecule has 1 aromatic carbocycles. The predicted octanol–water partition coefficient (Wildman–Crippen LogP) is 4.14. The third-order valence-electron chi connectivity index (χ3n) is 5.70. The molecule has 4 rings (SSSR count). The Morgan fingerprint density at radius 3 is 2.37 bits per heavy atom. The zero-order valence-corrected chi connectivity index (χ0v) is 16.4. The second kappa shape index (κ2) is 8.30. The number of hydrogen-bond acceptors (Lipinski definition) is 3. The summed E-state index contributed by atoms with van der Waals surface area (Å²) in [6.07, 6.45) is 7.56. The van der Waals surface area contributed by atoms with Crippen LogP contribution in [-0.4, -0.2) is 42.0 Å². The SMILES string of the molecule is O=C(NC1CCN(C(=O)NC2CCCCC2)CC1)c1cc2ccccc2s1. The molecule has 0 atom stereocenters. The molecule has 0 bridgehead atoms. The zero-order chi connectivity index (χ0) is 18.6. The first-order valence-corrected chi connectivity index (χ1v) is 10.9. The monoisotopic (exact) mass is 385 g/mol. The molecule has 0 spiro atoms. The number of amides is 3. The van der Waals surface area contributed by atoms with Gasteiger partial charge in [0.1, 0.15) is 0 Å². The van der Waals surface area contributed by atoms with Gasteiger partial charge in [-0.1, -0.05) is 37.5 Å². The van der Waals surface area contributed by atoms with Crippen molar-refractivity contribution in [1.82, 2.24) is 15.5 Å². The van der Waals surface area contributed by atoms with E-state index in [0.29, 0.717) is 19.1 Å². The maximum atomic E-state index is 12.6. The van der Waals surface area contributed by atoms with E-state index < -0.39 is 0 Å². The quantitative estimate of drug-likeness (QED) is 0.834. The van der Waals surface area contributed by atoms with Crippen molar-refractivity contribution >= 4 is 33.4 Å². The molecule has 3 amide bonds. The molecule has 2 aliphatic rings. The first-order chi connectivity index (χ1) is 13.2. The average Bonchev–Trinajstić information content (AvgIpc) is 3.14. The lowest BCUT2D eigenvalue weighted by molar-refractivity contribution is 0.0921. The molecule has 1 aliphatic carbocycles. The maximum absolute atomic E-state index is 12.6. The summed E-state index contributed by atoms with van der Waals surface area (Å²) >= 11 is 1.53. The number of rotatable bonds is 3. The van der Waals surface area contributed by atoms with Crippen molar-refractivity contribution < 1.29 is 9.59 Å². The van der Waals surface area contributed by atoms with Gasteiger partial charge in [-0.05, 0) is 43.2 Å². The van der Waals surface area contributed by atoms with E-state index in [1.165, 1.54) is 30.6 Å². The van der Waals surface area contributed by atoms with Crippen molar-refractivity contribution in [2.75, 3.05) is 13.1 Å². The summed E-state index contributed by atoms with van der Waals surface area (Å²) in [6, 6.07) is 10.6. The topological polar surface area (TPSA) is 61.4 Å². The van der Waals surface area contributed by atoms with E-state index >= 15 is 0 Å². The largest absolute Gasteiger partial charge is 0.348 e. The van der Waals surface area contributed by atoms with Crippen molar-refractivity contribution in [2.45, 2.75) is 57.0 Å². The van der Waals surface area contributed by atoms with E-state index in [-0.39, 0.29) is 18.0 Å². The number of nitrogens with zero attached hydrogens (tertiary/aromatic N) is 1. The Morgan fingerprint density at radius 1 is 0.926 bits per heavy atom. The van der Waals surface area contributed by atoms with E-state index in [1.807, 2.05) is 35.2 Å². The van der Waals surface area contributed by atoms with Gasteiger partial charge in [0.15, 0.2) is 0 Å². The van der Waals surface area contributed by atoms with Crippen LogP contribution in [0.4, 0.5) is 4.79 Å². The lowest BCUT2D eigenvalue weighted by atomic mass is 9.95. The fourth-order valence-corrected chi connectivity index (χ4v) is 5.06. The highest BCUT2D eigenvalue weighted by Gasteiger charge is 2.26. The van der Waals surface area contributed by atoms with Crippen LogP contribution in [0.1, 0.15) is 54.6 Å². The number of likely N-dealkylation sites (tertiary alicyclic amines) is 1. The number of fused-ring (bicyclic) bond motifs is 1. The predicted molar refractivity (Wildman–Crippen MR) is 109 cm³/mol. The van der Waals surface area contributed by atoms with Crippen LogP contribution in [0.5, 0.6) is 0 Å². The van der Waals surface area contributed by atoms with E-state index in [0.717, 1.165) is 40.6 Å². The van der Waals surface area contributed by atoms with Crippen molar-refractivity contribution in [1.29, 1.82) is 0 Å². The molecule has 1 saturated carbocycles. The smallest absolute Gasteiger partial charge is 0.317 e. The van der Waals surface area contributed by atoms with Crippen LogP contribution in [0.25, 0.3) is 10.1 Å². The van der Waals surface area contributed by atoms with Gasteiger partial charge < -0.3 is 15.5 Å². The van der Waals surface area contributed by atoms with Crippen molar-refractivity contribution in [2.24, 2.45) is 0 Å². The normalized spacial score (nSPS) is 19.2. The van der Waals surface area contributed by atoms with Crippen molar-refractivity contribution in [3.63, 3.8) is 0 Å². The maximum Gasteiger partial charge on any atom is 0.317 e. The van der Waals surface area contributed by atoms with Gasteiger partial charge in [0.25, 0.3) is 5.91 Å². The molecule has 1 aromatic heterocycles. The Hall–Kier alpha value is -2.08. The standard InChI is InChI=1S/C21H27N3O2S/c25-20(19-14-15-6-4-5-9-18(15)27-19)22-17-10-12-24(13-11-17)21(26)23-16-7-2-1-3-8-16/h4-6,9,14,16-17H,1-3,7-8,10-13H2,(H,22,25)(H,23,26). The highest BCUT2D eigenvalue weighted by atomic mass is 32.1. The van der Waals surface area contributed by atoms with Crippen molar-refractivity contribution in [3.05, 3.63) is 35.2 Å². The number of urea groups is 1.